The first-order valence-electron chi connectivity index (χ1n) is 6.15. The van der Waals surface area contributed by atoms with Crippen molar-refractivity contribution in [3.05, 3.63) is 29.3 Å². The molecule has 1 unspecified atom stereocenters. The van der Waals surface area contributed by atoms with Crippen molar-refractivity contribution >= 4 is 5.97 Å². The third kappa shape index (κ3) is 2.64. The Kier molecular flexibility index (Phi) is 3.30. The average molecular weight is 249 g/mol. The molecule has 0 aromatic heterocycles. The summed E-state index contributed by atoms with van der Waals surface area (Å²) >= 11 is 0. The van der Waals surface area contributed by atoms with E-state index in [4.69, 9.17) is 10.5 Å². The highest BCUT2D eigenvalue weighted by atomic mass is 16.5. The predicted molar refractivity (Wildman–Crippen MR) is 68.7 cm³/mol. The van der Waals surface area contributed by atoms with Crippen molar-refractivity contribution in [1.29, 1.82) is 0 Å². The number of aliphatic carboxylic acids is 1. The smallest absolute Gasteiger partial charge is 0.327 e. The molecule has 18 heavy (non-hydrogen) atoms. The molecule has 1 fully saturated rings. The summed E-state index contributed by atoms with van der Waals surface area (Å²) < 4.78 is 5.59. The molecule has 1 aliphatic rings. The number of benzene rings is 1. The number of ether oxygens (including phenoxy) is 1. The van der Waals surface area contributed by atoms with Gasteiger partial charge in [0.15, 0.2) is 5.54 Å². The lowest BCUT2D eigenvalue weighted by atomic mass is 9.96. The van der Waals surface area contributed by atoms with Crippen LogP contribution in [-0.2, 0) is 4.79 Å². The fourth-order valence-electron chi connectivity index (χ4n) is 2.17. The Morgan fingerprint density at radius 1 is 1.39 bits per heavy atom. The van der Waals surface area contributed by atoms with Crippen LogP contribution in [0.1, 0.15) is 24.0 Å². The molecule has 0 spiro atoms. The summed E-state index contributed by atoms with van der Waals surface area (Å²) in [5.41, 5.74) is 6.88. The number of hydrogen-bond acceptors (Lipinski definition) is 3. The Morgan fingerprint density at radius 3 is 2.39 bits per heavy atom. The van der Waals surface area contributed by atoms with Gasteiger partial charge >= 0.3 is 5.97 Å². The molecule has 2 rings (SSSR count). The van der Waals surface area contributed by atoms with Gasteiger partial charge in [-0.05, 0) is 55.9 Å². The maximum absolute atomic E-state index is 11.3. The molecule has 1 atom stereocenters. The highest BCUT2D eigenvalue weighted by Gasteiger charge is 2.49. The first-order chi connectivity index (χ1) is 8.41. The largest absolute Gasteiger partial charge is 0.491 e. The van der Waals surface area contributed by atoms with E-state index in [1.807, 2.05) is 32.0 Å². The number of carboxylic acid groups (broad SMARTS) is 1. The van der Waals surface area contributed by atoms with Crippen molar-refractivity contribution < 1.29 is 14.6 Å². The zero-order chi connectivity index (χ0) is 13.3. The second-order valence-corrected chi connectivity index (χ2v) is 5.23. The molecule has 1 saturated carbocycles. The van der Waals surface area contributed by atoms with Crippen molar-refractivity contribution in [2.24, 2.45) is 11.7 Å². The molecule has 98 valence electrons. The van der Waals surface area contributed by atoms with Crippen LogP contribution in [0.4, 0.5) is 0 Å². The van der Waals surface area contributed by atoms with Gasteiger partial charge in [0.05, 0.1) is 0 Å². The summed E-state index contributed by atoms with van der Waals surface area (Å²) in [6.07, 6.45) is 1.75. The summed E-state index contributed by atoms with van der Waals surface area (Å²) in [7, 11) is 0. The predicted octanol–water partition coefficient (Wildman–Crippen LogP) is 1.87. The van der Waals surface area contributed by atoms with E-state index in [1.165, 1.54) is 0 Å². The van der Waals surface area contributed by atoms with Crippen molar-refractivity contribution in [1.82, 2.24) is 0 Å². The number of aryl methyl sites for hydroxylation is 2. The monoisotopic (exact) mass is 249 g/mol. The fourth-order valence-corrected chi connectivity index (χ4v) is 2.17. The number of carboxylic acids is 1. The Hall–Kier alpha value is -1.55. The van der Waals surface area contributed by atoms with E-state index in [-0.39, 0.29) is 12.5 Å². The Bertz CT molecular complexity index is 448. The fraction of sp³-hybridized carbons (Fsp3) is 0.500. The second-order valence-electron chi connectivity index (χ2n) is 5.23. The van der Waals surface area contributed by atoms with Gasteiger partial charge in [0, 0.05) is 0 Å². The molecular weight excluding hydrogens is 230 g/mol. The quantitative estimate of drug-likeness (QED) is 0.835. The first kappa shape index (κ1) is 12.9. The molecule has 1 aromatic rings. The molecule has 0 heterocycles. The molecule has 3 N–H and O–H groups in total. The van der Waals surface area contributed by atoms with Crippen LogP contribution in [0.15, 0.2) is 18.2 Å². The lowest BCUT2D eigenvalue weighted by molar-refractivity contribution is -0.145. The minimum absolute atomic E-state index is 0.0237. The molecule has 1 aromatic carbocycles. The zero-order valence-electron chi connectivity index (χ0n) is 10.8. The summed E-state index contributed by atoms with van der Waals surface area (Å²) in [4.78, 5) is 11.3. The van der Waals surface area contributed by atoms with E-state index in [0.29, 0.717) is 5.75 Å². The topological polar surface area (TPSA) is 72.5 Å². The lowest BCUT2D eigenvalue weighted by Gasteiger charge is -2.24. The van der Waals surface area contributed by atoms with Crippen LogP contribution in [-0.4, -0.2) is 23.2 Å². The lowest BCUT2D eigenvalue weighted by Crippen LogP contribution is -2.54. The van der Waals surface area contributed by atoms with Crippen LogP contribution in [0, 0.1) is 19.8 Å². The van der Waals surface area contributed by atoms with E-state index < -0.39 is 11.5 Å². The number of rotatable bonds is 5. The maximum atomic E-state index is 11.3. The summed E-state index contributed by atoms with van der Waals surface area (Å²) in [6, 6.07) is 5.82. The van der Waals surface area contributed by atoms with Gasteiger partial charge in [-0.25, -0.2) is 0 Å². The van der Waals surface area contributed by atoms with E-state index in [0.717, 1.165) is 24.0 Å². The van der Waals surface area contributed by atoms with Gasteiger partial charge in [0.2, 0.25) is 0 Å². The van der Waals surface area contributed by atoms with E-state index >= 15 is 0 Å². The Balaban J connectivity index is 2.07. The van der Waals surface area contributed by atoms with Gasteiger partial charge in [0.25, 0.3) is 0 Å². The van der Waals surface area contributed by atoms with Gasteiger partial charge < -0.3 is 15.6 Å². The maximum Gasteiger partial charge on any atom is 0.327 e. The molecule has 1 aliphatic carbocycles. The van der Waals surface area contributed by atoms with Crippen LogP contribution < -0.4 is 10.5 Å². The summed E-state index contributed by atoms with van der Waals surface area (Å²) in [5, 5.41) is 9.23. The highest BCUT2D eigenvalue weighted by Crippen LogP contribution is 2.38. The number of hydrogen-bond donors (Lipinski definition) is 2. The van der Waals surface area contributed by atoms with Crippen molar-refractivity contribution in [3.63, 3.8) is 0 Å². The van der Waals surface area contributed by atoms with Gasteiger partial charge in [-0.1, -0.05) is 6.07 Å². The average Bonchev–Trinajstić information content (AvgIpc) is 3.08. The van der Waals surface area contributed by atoms with Crippen molar-refractivity contribution in [3.8, 4) is 5.75 Å². The van der Waals surface area contributed by atoms with Gasteiger partial charge in [0.1, 0.15) is 12.4 Å². The number of nitrogens with two attached hydrogens (primary N) is 1. The van der Waals surface area contributed by atoms with Gasteiger partial charge in [-0.2, -0.15) is 0 Å². The molecule has 4 heteroatoms. The first-order valence-corrected chi connectivity index (χ1v) is 6.15. The Morgan fingerprint density at radius 2 is 1.94 bits per heavy atom. The Labute approximate surface area is 107 Å². The molecule has 4 nitrogen and oxygen atoms in total. The SMILES string of the molecule is Cc1cc(C)cc(OCC(N)(C(=O)O)C2CC2)c1. The van der Waals surface area contributed by atoms with Gasteiger partial charge in [-0.15, -0.1) is 0 Å². The molecule has 0 radical (unpaired) electrons. The summed E-state index contributed by atoms with van der Waals surface area (Å²) in [6.45, 7) is 3.98. The molecular formula is C14H19NO3. The van der Waals surface area contributed by atoms with Crippen molar-refractivity contribution in [2.75, 3.05) is 6.61 Å². The second kappa shape index (κ2) is 4.61. The van der Waals surface area contributed by atoms with Gasteiger partial charge in [-0.3, -0.25) is 4.79 Å². The molecule has 0 aliphatic heterocycles. The van der Waals surface area contributed by atoms with E-state index in [2.05, 4.69) is 0 Å². The van der Waals surface area contributed by atoms with Crippen LogP contribution in [0.5, 0.6) is 5.75 Å². The normalized spacial score (nSPS) is 18.2. The molecule has 0 bridgehead atoms. The third-order valence-electron chi connectivity index (χ3n) is 3.38. The minimum Gasteiger partial charge on any atom is -0.491 e. The van der Waals surface area contributed by atoms with Crippen LogP contribution in [0.25, 0.3) is 0 Å². The van der Waals surface area contributed by atoms with Crippen LogP contribution in [0.2, 0.25) is 0 Å². The van der Waals surface area contributed by atoms with Crippen molar-refractivity contribution in [2.45, 2.75) is 32.2 Å². The third-order valence-corrected chi connectivity index (χ3v) is 3.38. The molecule has 0 amide bonds. The van der Waals surface area contributed by atoms with Crippen LogP contribution in [0.3, 0.4) is 0 Å². The van der Waals surface area contributed by atoms with Crippen LogP contribution >= 0.6 is 0 Å². The summed E-state index contributed by atoms with van der Waals surface area (Å²) in [5.74, 6) is -0.250. The van der Waals surface area contributed by atoms with E-state index in [1.54, 1.807) is 0 Å². The highest BCUT2D eigenvalue weighted by molar-refractivity contribution is 5.79. The minimum atomic E-state index is -1.25. The number of carbonyl (C=O) groups is 1. The molecule has 0 saturated heterocycles. The van der Waals surface area contributed by atoms with E-state index in [9.17, 15) is 9.90 Å². The zero-order valence-corrected chi connectivity index (χ0v) is 10.8. The standard InChI is InChI=1S/C14H19NO3/c1-9-5-10(2)7-12(6-9)18-8-14(15,13(16)17)11-3-4-11/h5-7,11H,3-4,8,15H2,1-2H3,(H,16,17).